The third-order valence-corrected chi connectivity index (χ3v) is 5.29. The van der Waals surface area contributed by atoms with Gasteiger partial charge in [0.25, 0.3) is 5.91 Å². The summed E-state index contributed by atoms with van der Waals surface area (Å²) in [5, 5.41) is 0.817. The highest BCUT2D eigenvalue weighted by Crippen LogP contribution is 2.27. The number of hydrogen-bond acceptors (Lipinski definition) is 2. The molecule has 0 aliphatic rings. The fraction of sp³-hybridized carbons (Fsp3) is 0. The van der Waals surface area contributed by atoms with Gasteiger partial charge in [0.2, 0.25) is 0 Å². The molecule has 0 saturated carbocycles. The van der Waals surface area contributed by atoms with Crippen LogP contribution in [0.4, 0.5) is 0 Å². The van der Waals surface area contributed by atoms with E-state index in [1.807, 2.05) is 72.8 Å². The molecule has 0 unspecified atom stereocenters. The number of rotatable bonds is 3. The maximum atomic E-state index is 13.0. The average Bonchev–Trinajstić information content (AvgIpc) is 3.08. The lowest BCUT2D eigenvalue weighted by atomic mass is 10.0. The van der Waals surface area contributed by atoms with Gasteiger partial charge in [0.05, 0.1) is 5.52 Å². The Kier molecular flexibility index (Phi) is 4.42. The van der Waals surface area contributed by atoms with Crippen LogP contribution in [0.2, 0.25) is 0 Å². The summed E-state index contributed by atoms with van der Waals surface area (Å²) in [6, 6.07) is 23.2. The molecule has 0 radical (unpaired) electrons. The summed E-state index contributed by atoms with van der Waals surface area (Å²) in [4.78, 5) is 24.4. The topological polar surface area (TPSA) is 39.1 Å². The molecule has 0 fully saturated rings. The third-order valence-electron chi connectivity index (χ3n) is 4.39. The number of hydrogen-bond donors (Lipinski definition) is 0. The predicted octanol–water partition coefficient (Wildman–Crippen LogP) is 5.41. The molecule has 1 aromatic heterocycles. The Labute approximate surface area is 164 Å². The Morgan fingerprint density at radius 3 is 2.23 bits per heavy atom. The van der Waals surface area contributed by atoms with Crippen molar-refractivity contribution in [2.45, 2.75) is 0 Å². The van der Waals surface area contributed by atoms with Crippen molar-refractivity contribution in [3.8, 4) is 11.1 Å². The van der Waals surface area contributed by atoms with Crippen LogP contribution in [-0.2, 0) is 0 Å². The first kappa shape index (κ1) is 16.7. The summed E-state index contributed by atoms with van der Waals surface area (Å²) in [6.07, 6.45) is 2.42. The molecule has 1 heterocycles. The second kappa shape index (κ2) is 6.88. The van der Waals surface area contributed by atoms with Crippen molar-refractivity contribution >= 4 is 45.7 Å². The second-order valence-corrected chi connectivity index (χ2v) is 7.12. The number of fused-ring (bicyclic) bond motifs is 1. The van der Waals surface area contributed by atoms with Gasteiger partial charge in [0, 0.05) is 26.3 Å². The van der Waals surface area contributed by atoms with Gasteiger partial charge >= 0.3 is 0 Å². The first-order valence-corrected chi connectivity index (χ1v) is 9.22. The van der Waals surface area contributed by atoms with E-state index in [0.29, 0.717) is 11.1 Å². The van der Waals surface area contributed by atoms with Crippen molar-refractivity contribution in [2.75, 3.05) is 0 Å². The number of aromatic nitrogens is 1. The summed E-state index contributed by atoms with van der Waals surface area (Å²) >= 11 is 2.19. The molecule has 126 valence electrons. The Balaban J connectivity index is 1.76. The van der Waals surface area contributed by atoms with E-state index < -0.39 is 0 Å². The molecule has 4 heteroatoms. The van der Waals surface area contributed by atoms with Gasteiger partial charge in [0.15, 0.2) is 6.29 Å². The molecule has 4 aromatic rings. The molecule has 0 N–H and O–H groups in total. The van der Waals surface area contributed by atoms with Crippen LogP contribution in [-0.4, -0.2) is 16.8 Å². The molecule has 0 aliphatic carbocycles. The minimum Gasteiger partial charge on any atom is -0.298 e. The standard InChI is InChI=1S/C22H14INO2/c23-19-7-4-8-20-21(19)18(14-25)13-24(20)22(26)17-11-9-16(10-12-17)15-5-2-1-3-6-15/h1-14H. The van der Waals surface area contributed by atoms with E-state index in [9.17, 15) is 9.59 Å². The lowest BCUT2D eigenvalue weighted by Crippen LogP contribution is -2.10. The van der Waals surface area contributed by atoms with Gasteiger partial charge < -0.3 is 0 Å². The van der Waals surface area contributed by atoms with E-state index in [4.69, 9.17) is 0 Å². The average molecular weight is 451 g/mol. The summed E-state index contributed by atoms with van der Waals surface area (Å²) in [6.45, 7) is 0. The summed E-state index contributed by atoms with van der Waals surface area (Å²) < 4.78 is 2.51. The van der Waals surface area contributed by atoms with Gasteiger partial charge in [-0.05, 0) is 58.0 Å². The van der Waals surface area contributed by atoms with Crippen LogP contribution < -0.4 is 0 Å². The fourth-order valence-corrected chi connectivity index (χ4v) is 3.90. The van der Waals surface area contributed by atoms with Crippen LogP contribution in [0.15, 0.2) is 79.0 Å². The van der Waals surface area contributed by atoms with Crippen molar-refractivity contribution in [1.29, 1.82) is 0 Å². The number of nitrogens with zero attached hydrogens (tertiary/aromatic N) is 1. The van der Waals surface area contributed by atoms with Crippen LogP contribution in [0.1, 0.15) is 20.7 Å². The van der Waals surface area contributed by atoms with Crippen LogP contribution in [0.3, 0.4) is 0 Å². The van der Waals surface area contributed by atoms with Gasteiger partial charge in [-0.3, -0.25) is 14.2 Å². The van der Waals surface area contributed by atoms with Crippen molar-refractivity contribution < 1.29 is 9.59 Å². The molecule has 3 nitrogen and oxygen atoms in total. The van der Waals surface area contributed by atoms with Gasteiger partial charge in [0.1, 0.15) is 0 Å². The quantitative estimate of drug-likeness (QED) is 0.309. The van der Waals surface area contributed by atoms with Gasteiger partial charge in [-0.25, -0.2) is 0 Å². The number of halogens is 1. The van der Waals surface area contributed by atoms with Crippen molar-refractivity contribution in [1.82, 2.24) is 4.57 Å². The Morgan fingerprint density at radius 2 is 1.54 bits per heavy atom. The number of carbonyl (C=O) groups excluding carboxylic acids is 2. The zero-order chi connectivity index (χ0) is 18.1. The monoisotopic (exact) mass is 451 g/mol. The third kappa shape index (κ3) is 2.86. The van der Waals surface area contributed by atoms with E-state index >= 15 is 0 Å². The van der Waals surface area contributed by atoms with Crippen LogP contribution in [0.5, 0.6) is 0 Å². The van der Waals surface area contributed by atoms with Gasteiger partial charge in [-0.2, -0.15) is 0 Å². The molecule has 0 atom stereocenters. The van der Waals surface area contributed by atoms with Crippen LogP contribution in [0, 0.1) is 3.57 Å². The van der Waals surface area contributed by atoms with Crippen molar-refractivity contribution in [3.63, 3.8) is 0 Å². The number of carbonyl (C=O) groups is 2. The first-order valence-electron chi connectivity index (χ1n) is 8.14. The van der Waals surface area contributed by atoms with Gasteiger partial charge in [-0.1, -0.05) is 48.5 Å². The second-order valence-electron chi connectivity index (χ2n) is 5.95. The summed E-state index contributed by atoms with van der Waals surface area (Å²) in [5.41, 5.74) is 4.02. The summed E-state index contributed by atoms with van der Waals surface area (Å²) in [7, 11) is 0. The predicted molar refractivity (Wildman–Crippen MR) is 112 cm³/mol. The Hall–Kier alpha value is -2.73. The molecule has 0 amide bonds. The number of benzene rings is 3. The molecule has 26 heavy (non-hydrogen) atoms. The molecule has 4 rings (SSSR count). The maximum Gasteiger partial charge on any atom is 0.262 e. The zero-order valence-electron chi connectivity index (χ0n) is 13.7. The van der Waals surface area contributed by atoms with Crippen molar-refractivity contribution in [2.24, 2.45) is 0 Å². The normalized spacial score (nSPS) is 10.8. The Bertz CT molecular complexity index is 1110. The molecule has 0 aliphatic heterocycles. The molecule has 0 saturated heterocycles. The first-order chi connectivity index (χ1) is 12.7. The number of aldehydes is 1. The van der Waals surface area contributed by atoms with Crippen LogP contribution >= 0.6 is 22.6 Å². The molecule has 0 spiro atoms. The lowest BCUT2D eigenvalue weighted by molar-refractivity contribution is 0.0965. The highest BCUT2D eigenvalue weighted by atomic mass is 127. The largest absolute Gasteiger partial charge is 0.298 e. The van der Waals surface area contributed by atoms with E-state index in [1.165, 1.54) is 0 Å². The SMILES string of the molecule is O=Cc1cn(C(=O)c2ccc(-c3ccccc3)cc2)c2cccc(I)c12. The minimum absolute atomic E-state index is 0.148. The van der Waals surface area contributed by atoms with E-state index in [1.54, 1.807) is 10.8 Å². The van der Waals surface area contributed by atoms with E-state index in [-0.39, 0.29) is 5.91 Å². The minimum atomic E-state index is -0.148. The zero-order valence-corrected chi connectivity index (χ0v) is 15.9. The lowest BCUT2D eigenvalue weighted by Gasteiger charge is -2.06. The smallest absolute Gasteiger partial charge is 0.262 e. The fourth-order valence-electron chi connectivity index (χ4n) is 3.10. The van der Waals surface area contributed by atoms with E-state index in [0.717, 1.165) is 31.9 Å². The molecular weight excluding hydrogens is 437 g/mol. The van der Waals surface area contributed by atoms with Crippen molar-refractivity contribution in [3.05, 3.63) is 93.7 Å². The Morgan fingerprint density at radius 1 is 0.846 bits per heavy atom. The highest BCUT2D eigenvalue weighted by molar-refractivity contribution is 14.1. The van der Waals surface area contributed by atoms with E-state index in [2.05, 4.69) is 22.6 Å². The van der Waals surface area contributed by atoms with Crippen LogP contribution in [0.25, 0.3) is 22.0 Å². The molecular formula is C22H14INO2. The molecule has 0 bridgehead atoms. The molecule has 3 aromatic carbocycles. The summed E-state index contributed by atoms with van der Waals surface area (Å²) in [5.74, 6) is -0.148. The van der Waals surface area contributed by atoms with Gasteiger partial charge in [-0.15, -0.1) is 0 Å². The maximum absolute atomic E-state index is 13.0. The highest BCUT2D eigenvalue weighted by Gasteiger charge is 2.16.